The Balaban J connectivity index is 2.71. The maximum absolute atomic E-state index is 12.2. The summed E-state index contributed by atoms with van der Waals surface area (Å²) in [6.45, 7) is 6.13. The van der Waals surface area contributed by atoms with E-state index in [2.05, 4.69) is 33.4 Å². The molecule has 1 aromatic rings. The molecule has 0 amide bonds. The van der Waals surface area contributed by atoms with E-state index >= 15 is 0 Å². The SMILES string of the molecule is CNCC(CCS(=O)(=O)C(C)(C)C)Cc1cccc(Br)c1. The van der Waals surface area contributed by atoms with Crippen molar-refractivity contribution in [3.63, 3.8) is 0 Å². The monoisotopic (exact) mass is 375 g/mol. The predicted molar refractivity (Wildman–Crippen MR) is 93.4 cm³/mol. The van der Waals surface area contributed by atoms with E-state index in [0.717, 1.165) is 17.4 Å². The number of benzene rings is 1. The average molecular weight is 376 g/mol. The van der Waals surface area contributed by atoms with Gasteiger partial charge in [-0.2, -0.15) is 0 Å². The van der Waals surface area contributed by atoms with E-state index < -0.39 is 14.6 Å². The van der Waals surface area contributed by atoms with Gasteiger partial charge in [-0.3, -0.25) is 0 Å². The van der Waals surface area contributed by atoms with E-state index in [1.807, 2.05) is 19.2 Å². The zero-order chi connectivity index (χ0) is 16.1. The molecule has 1 rings (SSSR count). The minimum Gasteiger partial charge on any atom is -0.319 e. The summed E-state index contributed by atoms with van der Waals surface area (Å²) in [6.07, 6.45) is 1.58. The van der Waals surface area contributed by atoms with Gasteiger partial charge in [0.1, 0.15) is 0 Å². The van der Waals surface area contributed by atoms with Gasteiger partial charge in [0.05, 0.1) is 10.5 Å². The number of hydrogen-bond acceptors (Lipinski definition) is 3. The van der Waals surface area contributed by atoms with Gasteiger partial charge in [-0.25, -0.2) is 8.42 Å². The molecule has 3 nitrogen and oxygen atoms in total. The molecule has 0 aliphatic heterocycles. The summed E-state index contributed by atoms with van der Waals surface area (Å²) < 4.78 is 24.9. The van der Waals surface area contributed by atoms with Gasteiger partial charge in [0.25, 0.3) is 0 Å². The van der Waals surface area contributed by atoms with E-state index in [0.29, 0.717) is 12.3 Å². The molecule has 5 heteroatoms. The van der Waals surface area contributed by atoms with Crippen molar-refractivity contribution >= 4 is 25.8 Å². The van der Waals surface area contributed by atoms with E-state index in [4.69, 9.17) is 0 Å². The molecule has 1 unspecified atom stereocenters. The number of sulfone groups is 1. The molecule has 0 aliphatic rings. The van der Waals surface area contributed by atoms with Crippen LogP contribution in [0.1, 0.15) is 32.8 Å². The van der Waals surface area contributed by atoms with Crippen LogP contribution in [-0.2, 0) is 16.3 Å². The molecule has 0 bridgehead atoms. The molecule has 1 atom stereocenters. The van der Waals surface area contributed by atoms with Crippen molar-refractivity contribution in [1.29, 1.82) is 0 Å². The Labute approximate surface area is 137 Å². The smallest absolute Gasteiger partial charge is 0.155 e. The molecule has 120 valence electrons. The van der Waals surface area contributed by atoms with Gasteiger partial charge in [-0.15, -0.1) is 0 Å². The van der Waals surface area contributed by atoms with Crippen LogP contribution in [0.5, 0.6) is 0 Å². The lowest BCUT2D eigenvalue weighted by Gasteiger charge is -2.22. The van der Waals surface area contributed by atoms with Crippen molar-refractivity contribution < 1.29 is 8.42 Å². The molecule has 0 aliphatic carbocycles. The number of hydrogen-bond donors (Lipinski definition) is 1. The maximum Gasteiger partial charge on any atom is 0.155 e. The van der Waals surface area contributed by atoms with E-state index in [1.165, 1.54) is 5.56 Å². The Morgan fingerprint density at radius 2 is 1.95 bits per heavy atom. The first-order valence-electron chi connectivity index (χ1n) is 7.27. The highest BCUT2D eigenvalue weighted by atomic mass is 79.9. The van der Waals surface area contributed by atoms with E-state index in [-0.39, 0.29) is 5.75 Å². The molecule has 0 saturated heterocycles. The van der Waals surface area contributed by atoms with Crippen LogP contribution in [0, 0.1) is 5.92 Å². The third kappa shape index (κ3) is 6.09. The molecular formula is C16H26BrNO2S. The summed E-state index contributed by atoms with van der Waals surface area (Å²) in [6, 6.07) is 8.20. The van der Waals surface area contributed by atoms with E-state index in [9.17, 15) is 8.42 Å². The Hall–Kier alpha value is -0.390. The molecule has 0 aromatic heterocycles. The summed E-state index contributed by atoms with van der Waals surface area (Å²) in [5, 5.41) is 3.17. The minimum absolute atomic E-state index is 0.247. The second-order valence-corrected chi connectivity index (χ2v) is 10.3. The van der Waals surface area contributed by atoms with Crippen LogP contribution in [-0.4, -0.2) is 32.5 Å². The third-order valence-corrected chi connectivity index (χ3v) is 6.77. The highest BCUT2D eigenvalue weighted by Crippen LogP contribution is 2.21. The predicted octanol–water partition coefficient (Wildman–Crippen LogP) is 3.43. The first-order valence-corrected chi connectivity index (χ1v) is 9.71. The first kappa shape index (κ1) is 18.7. The van der Waals surface area contributed by atoms with Crippen molar-refractivity contribution in [2.75, 3.05) is 19.3 Å². The van der Waals surface area contributed by atoms with Gasteiger partial charge < -0.3 is 5.32 Å². The number of halogens is 1. The van der Waals surface area contributed by atoms with Crippen molar-refractivity contribution in [2.24, 2.45) is 5.92 Å². The molecular weight excluding hydrogens is 350 g/mol. The van der Waals surface area contributed by atoms with Crippen LogP contribution in [0.25, 0.3) is 0 Å². The summed E-state index contributed by atoms with van der Waals surface area (Å²) >= 11 is 3.48. The average Bonchev–Trinajstić information content (AvgIpc) is 2.35. The standard InChI is InChI=1S/C16H26BrNO2S/c1-16(2,3)21(19,20)9-8-14(12-18-4)10-13-6-5-7-15(17)11-13/h5-7,11,14,18H,8-10,12H2,1-4H3. The van der Waals surface area contributed by atoms with Gasteiger partial charge in [-0.1, -0.05) is 28.1 Å². The van der Waals surface area contributed by atoms with Gasteiger partial charge >= 0.3 is 0 Å². The molecule has 1 N–H and O–H groups in total. The zero-order valence-electron chi connectivity index (χ0n) is 13.3. The minimum atomic E-state index is -3.05. The molecule has 0 heterocycles. The van der Waals surface area contributed by atoms with Crippen LogP contribution < -0.4 is 5.32 Å². The Morgan fingerprint density at radius 3 is 2.48 bits per heavy atom. The Kier molecular flexibility index (Phi) is 6.88. The molecule has 1 aromatic carbocycles. The number of nitrogens with one attached hydrogen (secondary N) is 1. The lowest BCUT2D eigenvalue weighted by Crippen LogP contribution is -2.32. The fraction of sp³-hybridized carbons (Fsp3) is 0.625. The topological polar surface area (TPSA) is 46.2 Å². The van der Waals surface area contributed by atoms with Crippen molar-refractivity contribution in [1.82, 2.24) is 5.32 Å². The second kappa shape index (κ2) is 7.75. The normalized spacial score (nSPS) is 14.1. The Bertz CT molecular complexity index is 550. The molecule has 0 fully saturated rings. The largest absolute Gasteiger partial charge is 0.319 e. The van der Waals surface area contributed by atoms with Crippen molar-refractivity contribution in [3.8, 4) is 0 Å². The second-order valence-electron chi connectivity index (χ2n) is 6.48. The van der Waals surface area contributed by atoms with Crippen molar-refractivity contribution in [3.05, 3.63) is 34.3 Å². The third-order valence-electron chi connectivity index (χ3n) is 3.63. The zero-order valence-corrected chi connectivity index (χ0v) is 15.7. The molecule has 0 saturated carbocycles. The summed E-state index contributed by atoms with van der Waals surface area (Å²) in [5.41, 5.74) is 1.23. The summed E-state index contributed by atoms with van der Waals surface area (Å²) in [5.74, 6) is 0.568. The van der Waals surface area contributed by atoms with Crippen LogP contribution in [0.15, 0.2) is 28.7 Å². The number of rotatable bonds is 7. The van der Waals surface area contributed by atoms with E-state index in [1.54, 1.807) is 20.8 Å². The van der Waals surface area contributed by atoms with Gasteiger partial charge in [0.2, 0.25) is 0 Å². The van der Waals surface area contributed by atoms with Crippen LogP contribution in [0.2, 0.25) is 0 Å². The lowest BCUT2D eigenvalue weighted by molar-refractivity contribution is 0.473. The fourth-order valence-electron chi connectivity index (χ4n) is 2.19. The summed E-state index contributed by atoms with van der Waals surface area (Å²) in [7, 11) is -1.14. The molecule has 0 spiro atoms. The quantitative estimate of drug-likeness (QED) is 0.793. The van der Waals surface area contributed by atoms with Crippen molar-refractivity contribution in [2.45, 2.75) is 38.4 Å². The van der Waals surface area contributed by atoms with Crippen LogP contribution in [0.3, 0.4) is 0 Å². The maximum atomic E-state index is 12.2. The fourth-order valence-corrected chi connectivity index (χ4v) is 3.89. The molecule has 0 radical (unpaired) electrons. The van der Waals surface area contributed by atoms with Crippen LogP contribution >= 0.6 is 15.9 Å². The lowest BCUT2D eigenvalue weighted by atomic mass is 9.97. The molecule has 21 heavy (non-hydrogen) atoms. The highest BCUT2D eigenvalue weighted by Gasteiger charge is 2.29. The highest BCUT2D eigenvalue weighted by molar-refractivity contribution is 9.10. The van der Waals surface area contributed by atoms with Gasteiger partial charge in [0.15, 0.2) is 9.84 Å². The summed E-state index contributed by atoms with van der Waals surface area (Å²) in [4.78, 5) is 0. The van der Waals surface area contributed by atoms with Crippen LogP contribution in [0.4, 0.5) is 0 Å². The van der Waals surface area contributed by atoms with Gasteiger partial charge in [0, 0.05) is 4.47 Å². The first-order chi connectivity index (χ1) is 9.65. The van der Waals surface area contributed by atoms with Gasteiger partial charge in [-0.05, 0) is 70.8 Å². The Morgan fingerprint density at radius 1 is 1.29 bits per heavy atom.